The second-order valence-corrected chi connectivity index (χ2v) is 6.93. The van der Waals surface area contributed by atoms with Crippen LogP contribution in [0, 0.1) is 0 Å². The largest absolute Gasteiger partial charge is 0.397 e. The Hall–Kier alpha value is -1.53. The molecule has 2 heterocycles. The van der Waals surface area contributed by atoms with Crippen LogP contribution in [0.25, 0.3) is 0 Å². The number of carbonyl (C=O) groups is 1. The smallest absolute Gasteiger partial charge is 0.228 e. The second kappa shape index (κ2) is 4.86. The molecule has 4 nitrogen and oxygen atoms in total. The van der Waals surface area contributed by atoms with Gasteiger partial charge in [-0.3, -0.25) is 4.79 Å². The zero-order valence-electron chi connectivity index (χ0n) is 10.00. The molecule has 0 aliphatic carbocycles. The number of fused-ring (bicyclic) bond motifs is 1. The Morgan fingerprint density at radius 3 is 3.00 bits per heavy atom. The summed E-state index contributed by atoms with van der Waals surface area (Å²) in [6, 6.07) is 7.85. The molecule has 4 N–H and O–H groups in total. The number of benzene rings is 1. The first-order chi connectivity index (χ1) is 9.11. The van der Waals surface area contributed by atoms with Crippen LogP contribution >= 0.6 is 27.3 Å². The fourth-order valence-electron chi connectivity index (χ4n) is 2.08. The van der Waals surface area contributed by atoms with Crippen molar-refractivity contribution >= 4 is 50.2 Å². The maximum Gasteiger partial charge on any atom is 0.228 e. The number of thiophene rings is 1. The summed E-state index contributed by atoms with van der Waals surface area (Å²) in [4.78, 5) is 12.5. The SMILES string of the molecule is Nc1cc2c(cc1NCc1ccc(Br)s1)NC(=O)C2. The number of carbonyl (C=O) groups excluding carboxylic acids is 1. The summed E-state index contributed by atoms with van der Waals surface area (Å²) < 4.78 is 1.11. The van der Waals surface area contributed by atoms with E-state index < -0.39 is 0 Å². The monoisotopic (exact) mass is 337 g/mol. The highest BCUT2D eigenvalue weighted by atomic mass is 79.9. The Bertz CT molecular complexity index is 653. The van der Waals surface area contributed by atoms with E-state index in [9.17, 15) is 4.79 Å². The van der Waals surface area contributed by atoms with Gasteiger partial charge in [-0.1, -0.05) is 0 Å². The molecular weight excluding hydrogens is 326 g/mol. The average molecular weight is 338 g/mol. The first-order valence-electron chi connectivity index (χ1n) is 5.82. The van der Waals surface area contributed by atoms with Gasteiger partial charge in [0.2, 0.25) is 5.91 Å². The Labute approximate surface area is 123 Å². The van der Waals surface area contributed by atoms with Crippen LogP contribution < -0.4 is 16.4 Å². The molecule has 0 spiro atoms. The molecule has 0 saturated heterocycles. The summed E-state index contributed by atoms with van der Waals surface area (Å²) in [6.45, 7) is 0.715. The molecule has 0 saturated carbocycles. The van der Waals surface area contributed by atoms with Gasteiger partial charge in [-0.2, -0.15) is 0 Å². The maximum atomic E-state index is 11.3. The highest BCUT2D eigenvalue weighted by Crippen LogP contribution is 2.32. The van der Waals surface area contributed by atoms with E-state index in [4.69, 9.17) is 5.73 Å². The number of nitrogen functional groups attached to an aromatic ring is 1. The highest BCUT2D eigenvalue weighted by molar-refractivity contribution is 9.11. The molecule has 1 aliphatic heterocycles. The van der Waals surface area contributed by atoms with Crippen LogP contribution in [0.5, 0.6) is 0 Å². The van der Waals surface area contributed by atoms with E-state index in [1.807, 2.05) is 18.2 Å². The van der Waals surface area contributed by atoms with Gasteiger partial charge in [0.1, 0.15) is 0 Å². The number of hydrogen-bond donors (Lipinski definition) is 3. The van der Waals surface area contributed by atoms with Crippen LogP contribution in [0.1, 0.15) is 10.4 Å². The van der Waals surface area contributed by atoms with Crippen molar-refractivity contribution in [3.63, 3.8) is 0 Å². The molecule has 3 rings (SSSR count). The average Bonchev–Trinajstić information content (AvgIpc) is 2.91. The molecule has 98 valence electrons. The third kappa shape index (κ3) is 2.59. The molecule has 1 amide bonds. The van der Waals surface area contributed by atoms with Gasteiger partial charge in [-0.05, 0) is 45.8 Å². The van der Waals surface area contributed by atoms with Crippen molar-refractivity contribution in [2.45, 2.75) is 13.0 Å². The van der Waals surface area contributed by atoms with Crippen LogP contribution in [0.3, 0.4) is 0 Å². The molecule has 19 heavy (non-hydrogen) atoms. The van der Waals surface area contributed by atoms with E-state index in [1.54, 1.807) is 11.3 Å². The van der Waals surface area contributed by atoms with Gasteiger partial charge in [0.25, 0.3) is 0 Å². The van der Waals surface area contributed by atoms with Gasteiger partial charge in [0.15, 0.2) is 0 Å². The lowest BCUT2D eigenvalue weighted by Crippen LogP contribution is -2.04. The van der Waals surface area contributed by atoms with Crippen molar-refractivity contribution in [2.75, 3.05) is 16.4 Å². The summed E-state index contributed by atoms with van der Waals surface area (Å²) >= 11 is 5.12. The first-order valence-corrected chi connectivity index (χ1v) is 7.43. The molecule has 2 aromatic rings. The molecule has 0 radical (unpaired) electrons. The van der Waals surface area contributed by atoms with Crippen LogP contribution in [0.4, 0.5) is 17.1 Å². The lowest BCUT2D eigenvalue weighted by Gasteiger charge is -2.10. The Balaban J connectivity index is 1.78. The zero-order chi connectivity index (χ0) is 13.4. The molecule has 0 unspecified atom stereocenters. The van der Waals surface area contributed by atoms with Crippen molar-refractivity contribution in [1.82, 2.24) is 0 Å². The lowest BCUT2D eigenvalue weighted by atomic mass is 10.1. The first kappa shape index (κ1) is 12.5. The second-order valence-electron chi connectivity index (χ2n) is 4.38. The summed E-state index contributed by atoms with van der Waals surface area (Å²) in [5, 5.41) is 6.13. The lowest BCUT2D eigenvalue weighted by molar-refractivity contribution is -0.115. The minimum atomic E-state index is 0.0220. The fourth-order valence-corrected chi connectivity index (χ4v) is 3.50. The molecule has 0 atom stereocenters. The third-order valence-electron chi connectivity index (χ3n) is 2.98. The number of nitrogens with two attached hydrogens (primary N) is 1. The highest BCUT2D eigenvalue weighted by Gasteiger charge is 2.19. The number of amides is 1. The van der Waals surface area contributed by atoms with Gasteiger partial charge in [0.05, 0.1) is 21.6 Å². The van der Waals surface area contributed by atoms with Crippen LogP contribution in [-0.2, 0) is 17.8 Å². The molecular formula is C13H12BrN3OS. The Kier molecular flexibility index (Phi) is 3.20. The Morgan fingerprint density at radius 2 is 2.26 bits per heavy atom. The molecule has 0 fully saturated rings. The summed E-state index contributed by atoms with van der Waals surface area (Å²) in [5.41, 5.74) is 9.35. The number of nitrogens with one attached hydrogen (secondary N) is 2. The fraction of sp³-hybridized carbons (Fsp3) is 0.154. The minimum absolute atomic E-state index is 0.0220. The van der Waals surface area contributed by atoms with E-state index in [-0.39, 0.29) is 5.91 Å². The van der Waals surface area contributed by atoms with E-state index in [2.05, 4.69) is 32.6 Å². The Morgan fingerprint density at radius 1 is 1.42 bits per heavy atom. The van der Waals surface area contributed by atoms with Crippen LogP contribution in [0.15, 0.2) is 28.1 Å². The van der Waals surface area contributed by atoms with Gasteiger partial charge < -0.3 is 16.4 Å². The van der Waals surface area contributed by atoms with Gasteiger partial charge in [-0.15, -0.1) is 11.3 Å². The summed E-state index contributed by atoms with van der Waals surface area (Å²) in [7, 11) is 0. The number of hydrogen-bond acceptors (Lipinski definition) is 4. The van der Waals surface area contributed by atoms with Crippen molar-refractivity contribution in [3.8, 4) is 0 Å². The number of halogens is 1. The van der Waals surface area contributed by atoms with E-state index in [1.165, 1.54) is 4.88 Å². The third-order valence-corrected chi connectivity index (χ3v) is 4.61. The molecule has 1 aromatic carbocycles. The predicted molar refractivity (Wildman–Crippen MR) is 82.5 cm³/mol. The van der Waals surface area contributed by atoms with Crippen molar-refractivity contribution in [1.29, 1.82) is 0 Å². The topological polar surface area (TPSA) is 67.2 Å². The summed E-state index contributed by atoms with van der Waals surface area (Å²) in [5.74, 6) is 0.0220. The predicted octanol–water partition coefficient (Wildman–Crippen LogP) is 3.20. The van der Waals surface area contributed by atoms with Gasteiger partial charge in [0, 0.05) is 17.1 Å². The van der Waals surface area contributed by atoms with E-state index in [0.717, 1.165) is 20.7 Å². The molecule has 1 aliphatic rings. The number of rotatable bonds is 3. The normalized spacial score (nSPS) is 13.2. The van der Waals surface area contributed by atoms with Gasteiger partial charge >= 0.3 is 0 Å². The van der Waals surface area contributed by atoms with Crippen molar-refractivity contribution in [3.05, 3.63) is 38.5 Å². The van der Waals surface area contributed by atoms with Crippen LogP contribution in [-0.4, -0.2) is 5.91 Å². The minimum Gasteiger partial charge on any atom is -0.397 e. The summed E-state index contributed by atoms with van der Waals surface area (Å²) in [6.07, 6.45) is 0.414. The van der Waals surface area contributed by atoms with Gasteiger partial charge in [-0.25, -0.2) is 0 Å². The standard InChI is InChI=1S/C13H12BrN3OS/c14-12-2-1-8(19-12)6-16-11-5-10-7(3-9(11)15)4-13(18)17-10/h1-3,5,16H,4,6,15H2,(H,17,18). The van der Waals surface area contributed by atoms with Crippen molar-refractivity contribution < 1.29 is 4.79 Å². The zero-order valence-corrected chi connectivity index (χ0v) is 12.4. The number of anilines is 3. The van der Waals surface area contributed by atoms with Crippen molar-refractivity contribution in [2.24, 2.45) is 0 Å². The van der Waals surface area contributed by atoms with E-state index >= 15 is 0 Å². The van der Waals surface area contributed by atoms with E-state index in [0.29, 0.717) is 18.7 Å². The molecule has 6 heteroatoms. The quantitative estimate of drug-likeness (QED) is 0.753. The molecule has 1 aromatic heterocycles. The molecule has 0 bridgehead atoms. The van der Waals surface area contributed by atoms with Crippen LogP contribution in [0.2, 0.25) is 0 Å². The maximum absolute atomic E-state index is 11.3.